The van der Waals surface area contributed by atoms with Crippen LogP contribution in [0.25, 0.3) is 0 Å². The molecule has 1 aliphatic rings. The third kappa shape index (κ3) is 5.22. The molecular weight excluding hydrogens is 267 g/mol. The molecule has 2 unspecified atom stereocenters. The molecule has 0 bridgehead atoms. The summed E-state index contributed by atoms with van der Waals surface area (Å²) >= 11 is 0. The zero-order chi connectivity index (χ0) is 15.4. The standard InChI is InChI=1S/C14H28F3N3/c1-13(11-18,7-5-8-14(15,16)17)20-9-4-6-12(20)10-19(2)3/h12H,4-11,18H2,1-3H3. The lowest BCUT2D eigenvalue weighted by Gasteiger charge is -2.43. The summed E-state index contributed by atoms with van der Waals surface area (Å²) in [5.74, 6) is 0. The Morgan fingerprint density at radius 3 is 2.40 bits per heavy atom. The zero-order valence-corrected chi connectivity index (χ0v) is 12.8. The summed E-state index contributed by atoms with van der Waals surface area (Å²) in [4.78, 5) is 4.47. The SMILES string of the molecule is CN(C)CC1CCCN1C(C)(CN)CCCC(F)(F)F. The molecule has 0 aromatic rings. The molecule has 120 valence electrons. The van der Waals surface area contributed by atoms with Gasteiger partial charge in [0.05, 0.1) is 0 Å². The van der Waals surface area contributed by atoms with E-state index in [0.717, 1.165) is 25.9 Å². The number of hydrogen-bond acceptors (Lipinski definition) is 3. The smallest absolute Gasteiger partial charge is 0.329 e. The number of alkyl halides is 3. The number of nitrogens with two attached hydrogens (primary N) is 1. The van der Waals surface area contributed by atoms with E-state index in [-0.39, 0.29) is 12.0 Å². The highest BCUT2D eigenvalue weighted by atomic mass is 19.4. The molecule has 0 aromatic carbocycles. The topological polar surface area (TPSA) is 32.5 Å². The van der Waals surface area contributed by atoms with Gasteiger partial charge < -0.3 is 10.6 Å². The van der Waals surface area contributed by atoms with Crippen molar-refractivity contribution in [2.75, 3.05) is 33.7 Å². The van der Waals surface area contributed by atoms with Crippen molar-refractivity contribution in [2.45, 2.75) is 56.8 Å². The van der Waals surface area contributed by atoms with Crippen molar-refractivity contribution < 1.29 is 13.2 Å². The molecular formula is C14H28F3N3. The summed E-state index contributed by atoms with van der Waals surface area (Å²) in [5.41, 5.74) is 5.58. The van der Waals surface area contributed by atoms with Crippen molar-refractivity contribution in [1.82, 2.24) is 9.80 Å². The molecule has 1 heterocycles. The van der Waals surface area contributed by atoms with Crippen LogP contribution in [-0.4, -0.2) is 61.3 Å². The summed E-state index contributed by atoms with van der Waals surface area (Å²) in [6.45, 7) is 4.30. The molecule has 0 radical (unpaired) electrons. The Balaban J connectivity index is 2.61. The van der Waals surface area contributed by atoms with E-state index in [2.05, 4.69) is 9.80 Å². The predicted molar refractivity (Wildman–Crippen MR) is 75.6 cm³/mol. The quantitative estimate of drug-likeness (QED) is 0.783. The lowest BCUT2D eigenvalue weighted by Crippen LogP contribution is -2.55. The number of likely N-dealkylation sites (tertiary alicyclic amines) is 1. The first-order chi connectivity index (χ1) is 9.18. The van der Waals surface area contributed by atoms with E-state index < -0.39 is 12.6 Å². The molecule has 1 saturated heterocycles. The summed E-state index contributed by atoms with van der Waals surface area (Å²) in [6.07, 6.45) is -1.91. The minimum Gasteiger partial charge on any atom is -0.329 e. The van der Waals surface area contributed by atoms with E-state index >= 15 is 0 Å². The van der Waals surface area contributed by atoms with Gasteiger partial charge in [-0.25, -0.2) is 0 Å². The summed E-state index contributed by atoms with van der Waals surface area (Å²) < 4.78 is 36.9. The number of halogens is 3. The second-order valence-corrected chi connectivity index (χ2v) is 6.42. The van der Waals surface area contributed by atoms with E-state index in [1.807, 2.05) is 21.0 Å². The number of rotatable bonds is 7. The molecule has 0 aliphatic carbocycles. The van der Waals surface area contributed by atoms with Crippen molar-refractivity contribution in [1.29, 1.82) is 0 Å². The van der Waals surface area contributed by atoms with Gasteiger partial charge in [-0.3, -0.25) is 4.90 Å². The second kappa shape index (κ2) is 7.09. The highest BCUT2D eigenvalue weighted by Crippen LogP contribution is 2.32. The normalized spacial score (nSPS) is 24.3. The third-order valence-corrected chi connectivity index (χ3v) is 4.26. The lowest BCUT2D eigenvalue weighted by atomic mass is 9.91. The van der Waals surface area contributed by atoms with Crippen LogP contribution in [0.2, 0.25) is 0 Å². The Kier molecular flexibility index (Phi) is 6.28. The van der Waals surface area contributed by atoms with Crippen molar-refractivity contribution in [2.24, 2.45) is 5.73 Å². The minimum absolute atomic E-state index is 0.155. The molecule has 1 aliphatic heterocycles. The zero-order valence-electron chi connectivity index (χ0n) is 12.8. The molecule has 2 N–H and O–H groups in total. The molecule has 0 saturated carbocycles. The average Bonchev–Trinajstić information content (AvgIpc) is 2.74. The monoisotopic (exact) mass is 295 g/mol. The van der Waals surface area contributed by atoms with Gasteiger partial charge >= 0.3 is 6.18 Å². The molecule has 6 heteroatoms. The Bertz CT molecular complexity index is 294. The first kappa shape index (κ1) is 17.7. The Hall–Kier alpha value is -0.330. The van der Waals surface area contributed by atoms with Crippen LogP contribution in [0.4, 0.5) is 13.2 Å². The van der Waals surface area contributed by atoms with Crippen LogP contribution in [0.15, 0.2) is 0 Å². The fourth-order valence-corrected chi connectivity index (χ4v) is 3.19. The van der Waals surface area contributed by atoms with E-state index in [4.69, 9.17) is 5.73 Å². The largest absolute Gasteiger partial charge is 0.389 e. The third-order valence-electron chi connectivity index (χ3n) is 4.26. The maximum absolute atomic E-state index is 12.3. The van der Waals surface area contributed by atoms with E-state index in [9.17, 15) is 13.2 Å². The fourth-order valence-electron chi connectivity index (χ4n) is 3.19. The first-order valence-electron chi connectivity index (χ1n) is 7.36. The summed E-state index contributed by atoms with van der Waals surface area (Å²) in [5, 5.41) is 0. The van der Waals surface area contributed by atoms with Gasteiger partial charge in [0.25, 0.3) is 0 Å². The van der Waals surface area contributed by atoms with Gasteiger partial charge in [0.15, 0.2) is 0 Å². The van der Waals surface area contributed by atoms with Crippen LogP contribution in [0, 0.1) is 0 Å². The highest BCUT2D eigenvalue weighted by Gasteiger charge is 2.39. The molecule has 0 amide bonds. The Morgan fingerprint density at radius 1 is 1.25 bits per heavy atom. The fraction of sp³-hybridized carbons (Fsp3) is 1.00. The van der Waals surface area contributed by atoms with Crippen molar-refractivity contribution in [3.05, 3.63) is 0 Å². The maximum atomic E-state index is 12.3. The van der Waals surface area contributed by atoms with Gasteiger partial charge in [-0.2, -0.15) is 13.2 Å². The highest BCUT2D eigenvalue weighted by molar-refractivity contribution is 4.95. The van der Waals surface area contributed by atoms with Crippen LogP contribution < -0.4 is 5.73 Å². The van der Waals surface area contributed by atoms with Crippen LogP contribution in [0.1, 0.15) is 39.0 Å². The van der Waals surface area contributed by atoms with E-state index in [0.29, 0.717) is 19.0 Å². The van der Waals surface area contributed by atoms with Gasteiger partial charge in [-0.05, 0) is 53.2 Å². The van der Waals surface area contributed by atoms with Crippen LogP contribution in [0.3, 0.4) is 0 Å². The van der Waals surface area contributed by atoms with E-state index in [1.165, 1.54) is 0 Å². The molecule has 3 nitrogen and oxygen atoms in total. The number of nitrogens with zero attached hydrogens (tertiary/aromatic N) is 2. The van der Waals surface area contributed by atoms with Crippen LogP contribution in [-0.2, 0) is 0 Å². The van der Waals surface area contributed by atoms with Crippen molar-refractivity contribution in [3.8, 4) is 0 Å². The van der Waals surface area contributed by atoms with Gasteiger partial charge in [0.2, 0.25) is 0 Å². The van der Waals surface area contributed by atoms with E-state index in [1.54, 1.807) is 0 Å². The van der Waals surface area contributed by atoms with Crippen LogP contribution >= 0.6 is 0 Å². The van der Waals surface area contributed by atoms with Crippen LogP contribution in [0.5, 0.6) is 0 Å². The average molecular weight is 295 g/mol. The minimum atomic E-state index is -4.07. The predicted octanol–water partition coefficient (Wildman–Crippen LogP) is 2.46. The van der Waals surface area contributed by atoms with Gasteiger partial charge in [0, 0.05) is 31.1 Å². The summed E-state index contributed by atoms with van der Waals surface area (Å²) in [6, 6.07) is 0.407. The first-order valence-corrected chi connectivity index (χ1v) is 7.36. The molecule has 20 heavy (non-hydrogen) atoms. The second-order valence-electron chi connectivity index (χ2n) is 6.42. The molecule has 2 atom stereocenters. The molecule has 1 fully saturated rings. The van der Waals surface area contributed by atoms with Crippen molar-refractivity contribution in [3.63, 3.8) is 0 Å². The number of hydrogen-bond donors (Lipinski definition) is 1. The molecule has 0 spiro atoms. The van der Waals surface area contributed by atoms with Gasteiger partial charge in [-0.15, -0.1) is 0 Å². The molecule has 0 aromatic heterocycles. The summed E-state index contributed by atoms with van der Waals surface area (Å²) in [7, 11) is 4.06. The van der Waals surface area contributed by atoms with Crippen molar-refractivity contribution >= 4 is 0 Å². The van der Waals surface area contributed by atoms with Gasteiger partial charge in [-0.1, -0.05) is 0 Å². The lowest BCUT2D eigenvalue weighted by molar-refractivity contribution is -0.137. The maximum Gasteiger partial charge on any atom is 0.389 e. The van der Waals surface area contributed by atoms with Gasteiger partial charge in [0.1, 0.15) is 0 Å². The molecule has 1 rings (SSSR count). The Morgan fingerprint density at radius 2 is 1.90 bits per heavy atom. The number of likely N-dealkylation sites (N-methyl/N-ethyl adjacent to an activating group) is 1. The Labute approximate surface area is 120 Å².